The van der Waals surface area contributed by atoms with Crippen LogP contribution < -0.4 is 10.5 Å². The quantitative estimate of drug-likeness (QED) is 0.883. The Morgan fingerprint density at radius 1 is 1.37 bits per heavy atom. The number of thiophene rings is 1. The number of aryl methyl sites for hydroxylation is 2. The van der Waals surface area contributed by atoms with E-state index in [0.29, 0.717) is 17.2 Å². The van der Waals surface area contributed by atoms with Gasteiger partial charge in [-0.3, -0.25) is 0 Å². The summed E-state index contributed by atoms with van der Waals surface area (Å²) in [6.45, 7) is 4.08. The van der Waals surface area contributed by atoms with E-state index in [1.54, 1.807) is 25.1 Å². The van der Waals surface area contributed by atoms with Crippen LogP contribution in [0.4, 0.5) is 0 Å². The molecule has 0 fully saturated rings. The van der Waals surface area contributed by atoms with Gasteiger partial charge in [0.15, 0.2) is 0 Å². The van der Waals surface area contributed by atoms with Crippen LogP contribution in [0.2, 0.25) is 0 Å². The largest absolute Gasteiger partial charge is 0.465 e. The zero-order valence-electron chi connectivity index (χ0n) is 10.8. The normalized spacial score (nSPS) is 11.9. The van der Waals surface area contributed by atoms with Crippen LogP contribution in [0.3, 0.4) is 0 Å². The number of furan rings is 1. The van der Waals surface area contributed by atoms with E-state index in [-0.39, 0.29) is 6.54 Å². The van der Waals surface area contributed by atoms with E-state index in [2.05, 4.69) is 4.72 Å². The fourth-order valence-electron chi connectivity index (χ4n) is 1.72. The maximum absolute atomic E-state index is 12.2. The molecule has 5 nitrogen and oxygen atoms in total. The zero-order chi connectivity index (χ0) is 14.0. The van der Waals surface area contributed by atoms with Gasteiger partial charge in [-0.25, -0.2) is 13.1 Å². The van der Waals surface area contributed by atoms with Crippen molar-refractivity contribution in [3.63, 3.8) is 0 Å². The highest BCUT2D eigenvalue weighted by atomic mass is 32.2. The average molecular weight is 300 g/mol. The van der Waals surface area contributed by atoms with E-state index in [1.807, 2.05) is 6.92 Å². The minimum Gasteiger partial charge on any atom is -0.465 e. The molecule has 0 atom stereocenters. The molecule has 2 aromatic heterocycles. The second-order valence-corrected chi connectivity index (χ2v) is 7.25. The number of rotatable bonds is 5. The number of nitrogens with two attached hydrogens (primary N) is 1. The van der Waals surface area contributed by atoms with Crippen LogP contribution in [-0.4, -0.2) is 8.42 Å². The van der Waals surface area contributed by atoms with Gasteiger partial charge in [-0.15, -0.1) is 11.3 Å². The first-order chi connectivity index (χ1) is 8.92. The van der Waals surface area contributed by atoms with E-state index in [1.165, 1.54) is 11.3 Å². The van der Waals surface area contributed by atoms with Crippen molar-refractivity contribution in [1.82, 2.24) is 4.72 Å². The highest BCUT2D eigenvalue weighted by Gasteiger charge is 2.19. The van der Waals surface area contributed by atoms with Crippen LogP contribution >= 0.6 is 11.3 Å². The first kappa shape index (κ1) is 14.3. The lowest BCUT2D eigenvalue weighted by Gasteiger charge is -2.04. The maximum Gasteiger partial charge on any atom is 0.242 e. The van der Waals surface area contributed by atoms with Gasteiger partial charge >= 0.3 is 0 Å². The molecule has 2 rings (SSSR count). The third-order valence-electron chi connectivity index (χ3n) is 2.65. The summed E-state index contributed by atoms with van der Waals surface area (Å²) < 4.78 is 32.2. The topological polar surface area (TPSA) is 85.3 Å². The van der Waals surface area contributed by atoms with Crippen LogP contribution in [0.5, 0.6) is 0 Å². The van der Waals surface area contributed by atoms with Crippen LogP contribution in [0.25, 0.3) is 0 Å². The molecule has 0 aromatic carbocycles. The van der Waals surface area contributed by atoms with Gasteiger partial charge in [0, 0.05) is 16.3 Å². The lowest BCUT2D eigenvalue weighted by Crippen LogP contribution is -2.23. The fraction of sp³-hybridized carbons (Fsp3) is 0.333. The predicted octanol–water partition coefficient (Wildman–Crippen LogP) is 1.90. The van der Waals surface area contributed by atoms with E-state index < -0.39 is 10.0 Å². The standard InChI is InChI=1S/C12H16N2O3S2/c1-8-3-4-10(17-8)7-14-19(15,16)12-5-11(6-13)18-9(12)2/h3-5,14H,6-7,13H2,1-2H3. The summed E-state index contributed by atoms with van der Waals surface area (Å²) in [6, 6.07) is 5.17. The molecule has 0 radical (unpaired) electrons. The summed E-state index contributed by atoms with van der Waals surface area (Å²) in [7, 11) is -3.52. The second-order valence-electron chi connectivity index (χ2n) is 4.17. The van der Waals surface area contributed by atoms with Gasteiger partial charge in [-0.05, 0) is 32.0 Å². The Morgan fingerprint density at radius 3 is 2.63 bits per heavy atom. The van der Waals surface area contributed by atoms with Gasteiger partial charge < -0.3 is 10.2 Å². The van der Waals surface area contributed by atoms with Gasteiger partial charge in [0.05, 0.1) is 11.4 Å². The zero-order valence-corrected chi connectivity index (χ0v) is 12.4. The van der Waals surface area contributed by atoms with Crippen molar-refractivity contribution >= 4 is 21.4 Å². The molecular formula is C12H16N2O3S2. The molecule has 0 saturated carbocycles. The van der Waals surface area contributed by atoms with Crippen molar-refractivity contribution < 1.29 is 12.8 Å². The van der Waals surface area contributed by atoms with Gasteiger partial charge in [-0.2, -0.15) is 0 Å². The van der Waals surface area contributed by atoms with Crippen molar-refractivity contribution in [2.75, 3.05) is 0 Å². The Morgan fingerprint density at radius 2 is 2.11 bits per heavy atom. The Balaban J connectivity index is 2.15. The van der Waals surface area contributed by atoms with Crippen molar-refractivity contribution in [2.45, 2.75) is 31.8 Å². The molecule has 104 valence electrons. The second kappa shape index (κ2) is 5.46. The van der Waals surface area contributed by atoms with Crippen molar-refractivity contribution in [2.24, 2.45) is 5.73 Å². The van der Waals surface area contributed by atoms with E-state index in [0.717, 1.165) is 15.5 Å². The highest BCUT2D eigenvalue weighted by molar-refractivity contribution is 7.89. The van der Waals surface area contributed by atoms with Crippen molar-refractivity contribution in [3.05, 3.63) is 39.5 Å². The van der Waals surface area contributed by atoms with E-state index >= 15 is 0 Å². The molecule has 0 amide bonds. The van der Waals surface area contributed by atoms with Crippen LogP contribution in [0, 0.1) is 13.8 Å². The van der Waals surface area contributed by atoms with Gasteiger partial charge in [0.2, 0.25) is 10.0 Å². The van der Waals surface area contributed by atoms with Crippen LogP contribution in [-0.2, 0) is 23.1 Å². The molecule has 2 aromatic rings. The first-order valence-electron chi connectivity index (χ1n) is 5.77. The molecule has 0 bridgehead atoms. The SMILES string of the molecule is Cc1ccc(CNS(=O)(=O)c2cc(CN)sc2C)o1. The smallest absolute Gasteiger partial charge is 0.242 e. The Bertz CT molecular complexity index is 671. The summed E-state index contributed by atoms with van der Waals surface area (Å²) in [6.07, 6.45) is 0. The molecule has 0 unspecified atom stereocenters. The Labute approximate surface area is 116 Å². The first-order valence-corrected chi connectivity index (χ1v) is 8.06. The van der Waals surface area contributed by atoms with Crippen LogP contribution in [0.15, 0.2) is 27.5 Å². The molecule has 2 heterocycles. The predicted molar refractivity (Wildman–Crippen MR) is 74.4 cm³/mol. The van der Waals surface area contributed by atoms with Gasteiger partial charge in [0.1, 0.15) is 11.5 Å². The molecule has 0 aliphatic heterocycles. The summed E-state index contributed by atoms with van der Waals surface area (Å²) in [5.41, 5.74) is 5.52. The highest BCUT2D eigenvalue weighted by Crippen LogP contribution is 2.25. The maximum atomic E-state index is 12.2. The minimum absolute atomic E-state index is 0.142. The summed E-state index contributed by atoms with van der Waals surface area (Å²) >= 11 is 1.40. The number of sulfonamides is 1. The third-order valence-corrected chi connectivity index (χ3v) is 5.38. The summed E-state index contributed by atoms with van der Waals surface area (Å²) in [4.78, 5) is 1.89. The van der Waals surface area contributed by atoms with Crippen molar-refractivity contribution in [3.8, 4) is 0 Å². The van der Waals surface area contributed by atoms with Crippen LogP contribution in [0.1, 0.15) is 21.3 Å². The summed E-state index contributed by atoms with van der Waals surface area (Å²) in [5, 5.41) is 0. The molecule has 0 saturated heterocycles. The third kappa shape index (κ3) is 3.24. The van der Waals surface area contributed by atoms with Gasteiger partial charge in [-0.1, -0.05) is 0 Å². The number of hydrogen-bond acceptors (Lipinski definition) is 5. The van der Waals surface area contributed by atoms with Gasteiger partial charge in [0.25, 0.3) is 0 Å². The molecule has 7 heteroatoms. The molecule has 19 heavy (non-hydrogen) atoms. The van der Waals surface area contributed by atoms with E-state index in [4.69, 9.17) is 10.2 Å². The summed E-state index contributed by atoms with van der Waals surface area (Å²) in [5.74, 6) is 1.35. The molecule has 0 spiro atoms. The minimum atomic E-state index is -3.52. The fourth-order valence-corrected chi connectivity index (χ4v) is 4.22. The van der Waals surface area contributed by atoms with Crippen molar-refractivity contribution in [1.29, 1.82) is 0 Å². The average Bonchev–Trinajstić information content (AvgIpc) is 2.93. The number of nitrogens with one attached hydrogen (secondary N) is 1. The molecular weight excluding hydrogens is 284 g/mol. The molecule has 3 N–H and O–H groups in total. The monoisotopic (exact) mass is 300 g/mol. The van der Waals surface area contributed by atoms with E-state index in [9.17, 15) is 8.42 Å². The lowest BCUT2D eigenvalue weighted by atomic mass is 10.4. The number of hydrogen-bond donors (Lipinski definition) is 2. The molecule has 0 aliphatic carbocycles. The Kier molecular flexibility index (Phi) is 4.10. The molecule has 0 aliphatic rings. The lowest BCUT2D eigenvalue weighted by molar-refractivity contribution is 0.475. The Hall–Kier alpha value is -1.15.